The number of ether oxygens (including phenoxy) is 1. The molecule has 1 atom stereocenters. The zero-order valence-corrected chi connectivity index (χ0v) is 11.4. The van der Waals surface area contributed by atoms with Crippen molar-refractivity contribution in [1.82, 2.24) is 10.6 Å². The maximum atomic E-state index is 11.7. The third kappa shape index (κ3) is 5.01. The van der Waals surface area contributed by atoms with Gasteiger partial charge in [-0.25, -0.2) is 0 Å². The predicted octanol–water partition coefficient (Wildman–Crippen LogP) is 1.03. The van der Waals surface area contributed by atoms with Crippen molar-refractivity contribution in [3.63, 3.8) is 0 Å². The van der Waals surface area contributed by atoms with Gasteiger partial charge < -0.3 is 15.4 Å². The van der Waals surface area contributed by atoms with Crippen LogP contribution in [0.1, 0.15) is 17.5 Å². The van der Waals surface area contributed by atoms with Crippen molar-refractivity contribution in [3.8, 4) is 0 Å². The Hall–Kier alpha value is -1.39. The second-order valence-electron chi connectivity index (χ2n) is 4.99. The molecule has 1 aliphatic heterocycles. The SMILES string of the molecule is Cc1ccc(CCNC(=O)CC2CNCCO2)cc1. The Morgan fingerprint density at radius 3 is 2.89 bits per heavy atom. The first-order chi connectivity index (χ1) is 9.24. The summed E-state index contributed by atoms with van der Waals surface area (Å²) in [6.45, 7) is 5.10. The minimum Gasteiger partial charge on any atom is -0.375 e. The number of aryl methyl sites for hydroxylation is 1. The van der Waals surface area contributed by atoms with Crippen molar-refractivity contribution in [2.24, 2.45) is 0 Å². The number of carbonyl (C=O) groups is 1. The van der Waals surface area contributed by atoms with Crippen LogP contribution in [0.2, 0.25) is 0 Å². The molecule has 1 aliphatic rings. The molecular formula is C15H22N2O2. The Labute approximate surface area is 114 Å². The summed E-state index contributed by atoms with van der Waals surface area (Å²) in [5, 5.41) is 6.17. The van der Waals surface area contributed by atoms with Crippen LogP contribution in [0.5, 0.6) is 0 Å². The van der Waals surface area contributed by atoms with Gasteiger partial charge in [0.2, 0.25) is 5.91 Å². The molecule has 19 heavy (non-hydrogen) atoms. The van der Waals surface area contributed by atoms with Crippen LogP contribution < -0.4 is 10.6 Å². The van der Waals surface area contributed by atoms with Crippen molar-refractivity contribution in [2.45, 2.75) is 25.9 Å². The average Bonchev–Trinajstić information content (AvgIpc) is 2.42. The van der Waals surface area contributed by atoms with Gasteiger partial charge in [0.15, 0.2) is 0 Å². The molecule has 0 bridgehead atoms. The third-order valence-electron chi connectivity index (χ3n) is 3.27. The highest BCUT2D eigenvalue weighted by Crippen LogP contribution is 2.04. The van der Waals surface area contributed by atoms with Crippen molar-refractivity contribution in [1.29, 1.82) is 0 Å². The molecular weight excluding hydrogens is 240 g/mol. The van der Waals surface area contributed by atoms with E-state index in [9.17, 15) is 4.79 Å². The molecule has 4 nitrogen and oxygen atoms in total. The van der Waals surface area contributed by atoms with Crippen LogP contribution in [0.4, 0.5) is 0 Å². The standard InChI is InChI=1S/C15H22N2O2/c1-12-2-4-13(5-3-12)6-7-17-15(18)10-14-11-16-8-9-19-14/h2-5,14,16H,6-11H2,1H3,(H,17,18). The van der Waals surface area contributed by atoms with Crippen molar-refractivity contribution in [2.75, 3.05) is 26.2 Å². The van der Waals surface area contributed by atoms with E-state index >= 15 is 0 Å². The smallest absolute Gasteiger partial charge is 0.222 e. The molecule has 0 aliphatic carbocycles. The molecule has 1 aromatic rings. The van der Waals surface area contributed by atoms with E-state index in [0.717, 1.165) is 19.5 Å². The van der Waals surface area contributed by atoms with E-state index in [1.54, 1.807) is 0 Å². The first kappa shape index (κ1) is 14.0. The van der Waals surface area contributed by atoms with E-state index in [1.807, 2.05) is 0 Å². The Morgan fingerprint density at radius 1 is 1.42 bits per heavy atom. The molecule has 2 N–H and O–H groups in total. The molecule has 1 amide bonds. The summed E-state index contributed by atoms with van der Waals surface area (Å²) in [5.74, 6) is 0.0702. The Balaban J connectivity index is 1.64. The molecule has 0 aromatic heterocycles. The minimum absolute atomic E-state index is 0.0214. The maximum absolute atomic E-state index is 11.7. The normalized spacial score (nSPS) is 19.1. The molecule has 4 heteroatoms. The van der Waals surface area contributed by atoms with Gasteiger partial charge in [0.1, 0.15) is 0 Å². The summed E-state index contributed by atoms with van der Waals surface area (Å²) in [6, 6.07) is 8.41. The van der Waals surface area contributed by atoms with Gasteiger partial charge in [-0.1, -0.05) is 29.8 Å². The van der Waals surface area contributed by atoms with E-state index in [1.165, 1.54) is 11.1 Å². The lowest BCUT2D eigenvalue weighted by Crippen LogP contribution is -2.41. The molecule has 0 radical (unpaired) electrons. The Morgan fingerprint density at radius 2 is 2.21 bits per heavy atom. The molecule has 2 rings (SSSR count). The molecule has 104 valence electrons. The monoisotopic (exact) mass is 262 g/mol. The minimum atomic E-state index is 0.0214. The lowest BCUT2D eigenvalue weighted by Gasteiger charge is -2.23. The Bertz CT molecular complexity index is 397. The van der Waals surface area contributed by atoms with Crippen LogP contribution in [0.25, 0.3) is 0 Å². The molecule has 1 saturated heterocycles. The summed E-state index contributed by atoms with van der Waals surface area (Å²) >= 11 is 0. The van der Waals surface area contributed by atoms with Gasteiger partial charge >= 0.3 is 0 Å². The zero-order chi connectivity index (χ0) is 13.5. The number of benzene rings is 1. The number of amides is 1. The van der Waals surface area contributed by atoms with Gasteiger partial charge in [-0.3, -0.25) is 4.79 Å². The maximum Gasteiger partial charge on any atom is 0.222 e. The molecule has 1 aromatic carbocycles. The highest BCUT2D eigenvalue weighted by Gasteiger charge is 2.16. The highest BCUT2D eigenvalue weighted by molar-refractivity contribution is 5.76. The number of hydrogen-bond acceptors (Lipinski definition) is 3. The van der Waals surface area contributed by atoms with E-state index in [0.29, 0.717) is 19.6 Å². The van der Waals surface area contributed by atoms with Crippen LogP contribution >= 0.6 is 0 Å². The lowest BCUT2D eigenvalue weighted by molar-refractivity contribution is -0.124. The van der Waals surface area contributed by atoms with Crippen LogP contribution in [-0.2, 0) is 16.0 Å². The van der Waals surface area contributed by atoms with Crippen LogP contribution in [0.3, 0.4) is 0 Å². The summed E-state index contributed by atoms with van der Waals surface area (Å²) in [6.07, 6.45) is 1.34. The molecule has 1 fully saturated rings. The van der Waals surface area contributed by atoms with E-state index < -0.39 is 0 Å². The van der Waals surface area contributed by atoms with Crippen molar-refractivity contribution >= 4 is 5.91 Å². The van der Waals surface area contributed by atoms with Crippen LogP contribution in [0, 0.1) is 6.92 Å². The van der Waals surface area contributed by atoms with Crippen LogP contribution in [0.15, 0.2) is 24.3 Å². The number of carbonyl (C=O) groups excluding carboxylic acids is 1. The summed E-state index contributed by atoms with van der Waals surface area (Å²) in [7, 11) is 0. The van der Waals surface area contributed by atoms with E-state index in [4.69, 9.17) is 4.74 Å². The van der Waals surface area contributed by atoms with Gasteiger partial charge in [-0.05, 0) is 18.9 Å². The van der Waals surface area contributed by atoms with Gasteiger partial charge in [0.25, 0.3) is 0 Å². The summed E-state index contributed by atoms with van der Waals surface area (Å²) < 4.78 is 5.50. The van der Waals surface area contributed by atoms with Gasteiger partial charge in [-0.2, -0.15) is 0 Å². The fourth-order valence-corrected chi connectivity index (χ4v) is 2.13. The second kappa shape index (κ2) is 7.26. The van der Waals surface area contributed by atoms with Crippen LogP contribution in [-0.4, -0.2) is 38.3 Å². The summed E-state index contributed by atoms with van der Waals surface area (Å²) in [5.41, 5.74) is 2.51. The van der Waals surface area contributed by atoms with E-state index in [2.05, 4.69) is 41.8 Å². The average molecular weight is 262 g/mol. The molecule has 0 spiro atoms. The van der Waals surface area contributed by atoms with E-state index in [-0.39, 0.29) is 12.0 Å². The number of morpholine rings is 1. The zero-order valence-electron chi connectivity index (χ0n) is 11.4. The summed E-state index contributed by atoms with van der Waals surface area (Å²) in [4.78, 5) is 11.7. The van der Waals surface area contributed by atoms with Gasteiger partial charge in [-0.15, -0.1) is 0 Å². The largest absolute Gasteiger partial charge is 0.375 e. The number of hydrogen-bond donors (Lipinski definition) is 2. The molecule has 0 saturated carbocycles. The first-order valence-electron chi connectivity index (χ1n) is 6.88. The Kier molecular flexibility index (Phi) is 5.36. The third-order valence-corrected chi connectivity index (χ3v) is 3.27. The topological polar surface area (TPSA) is 50.4 Å². The number of rotatable bonds is 5. The predicted molar refractivity (Wildman–Crippen MR) is 75.1 cm³/mol. The first-order valence-corrected chi connectivity index (χ1v) is 6.88. The second-order valence-corrected chi connectivity index (χ2v) is 4.99. The van der Waals surface area contributed by atoms with Crippen molar-refractivity contribution in [3.05, 3.63) is 35.4 Å². The lowest BCUT2D eigenvalue weighted by atomic mass is 10.1. The molecule has 1 heterocycles. The molecule has 1 unspecified atom stereocenters. The number of nitrogens with one attached hydrogen (secondary N) is 2. The van der Waals surface area contributed by atoms with Gasteiger partial charge in [0, 0.05) is 19.6 Å². The fourth-order valence-electron chi connectivity index (χ4n) is 2.13. The van der Waals surface area contributed by atoms with Crippen molar-refractivity contribution < 1.29 is 9.53 Å². The quantitative estimate of drug-likeness (QED) is 0.833. The highest BCUT2D eigenvalue weighted by atomic mass is 16.5. The van der Waals surface area contributed by atoms with Gasteiger partial charge in [0.05, 0.1) is 19.1 Å². The fraction of sp³-hybridized carbons (Fsp3) is 0.533.